The maximum Gasteiger partial charge on any atom is 0.245 e. The van der Waals surface area contributed by atoms with Crippen molar-refractivity contribution >= 4 is 31.8 Å². The van der Waals surface area contributed by atoms with Gasteiger partial charge in [-0.1, -0.05) is 0 Å². The van der Waals surface area contributed by atoms with E-state index in [4.69, 9.17) is 0 Å². The van der Waals surface area contributed by atoms with Gasteiger partial charge in [0.05, 0.1) is 12.5 Å². The van der Waals surface area contributed by atoms with E-state index in [0.29, 0.717) is 0 Å². The van der Waals surface area contributed by atoms with Gasteiger partial charge in [0.2, 0.25) is 10.0 Å². The normalized spacial score (nSPS) is 18.9. The SMILES string of the molecule is CS(=O)(=O)C1=CN(S(C)(=O)=O)NS1. The quantitative estimate of drug-likeness (QED) is 0.644. The highest BCUT2D eigenvalue weighted by molar-refractivity contribution is 8.17. The minimum absolute atomic E-state index is 0.0158. The summed E-state index contributed by atoms with van der Waals surface area (Å²) in [6.07, 6.45) is 3.02. The Bertz CT molecular complexity index is 434. The Hall–Kier alpha value is -0.250. The number of rotatable bonds is 2. The molecule has 0 fully saturated rings. The number of hydrogen-bond acceptors (Lipinski definition) is 6. The molecule has 6 nitrogen and oxygen atoms in total. The Labute approximate surface area is 81.1 Å². The van der Waals surface area contributed by atoms with Crippen molar-refractivity contribution in [2.45, 2.75) is 0 Å². The van der Waals surface area contributed by atoms with Crippen LogP contribution in [0.25, 0.3) is 0 Å². The average molecular weight is 244 g/mol. The molecule has 0 aromatic carbocycles. The third kappa shape index (κ3) is 2.59. The van der Waals surface area contributed by atoms with Gasteiger partial charge < -0.3 is 0 Å². The van der Waals surface area contributed by atoms with Crippen molar-refractivity contribution in [3.8, 4) is 0 Å². The van der Waals surface area contributed by atoms with Crippen LogP contribution in [-0.4, -0.2) is 33.8 Å². The molecular weight excluding hydrogens is 236 g/mol. The molecule has 0 aromatic heterocycles. The first-order valence-corrected chi connectivity index (χ1v) is 7.60. The van der Waals surface area contributed by atoms with Crippen LogP contribution in [0.2, 0.25) is 0 Å². The van der Waals surface area contributed by atoms with Gasteiger partial charge in [0, 0.05) is 6.26 Å². The van der Waals surface area contributed by atoms with Crippen molar-refractivity contribution in [1.29, 1.82) is 0 Å². The van der Waals surface area contributed by atoms with Gasteiger partial charge in [0.1, 0.15) is 4.24 Å². The van der Waals surface area contributed by atoms with E-state index in [2.05, 4.69) is 4.83 Å². The van der Waals surface area contributed by atoms with E-state index in [1.165, 1.54) is 0 Å². The summed E-state index contributed by atoms with van der Waals surface area (Å²) in [6, 6.07) is 0. The molecule has 0 radical (unpaired) electrons. The summed E-state index contributed by atoms with van der Waals surface area (Å²) in [5, 5.41) is 0. The molecular formula is C4H8N2O4S3. The van der Waals surface area contributed by atoms with Gasteiger partial charge in [-0.05, 0) is 11.9 Å². The number of hydrogen-bond donors (Lipinski definition) is 1. The molecule has 1 heterocycles. The maximum absolute atomic E-state index is 11.0. The van der Waals surface area contributed by atoms with Crippen LogP contribution in [0.1, 0.15) is 0 Å². The number of hydrazine groups is 1. The minimum atomic E-state index is -3.44. The van der Waals surface area contributed by atoms with Gasteiger partial charge in [-0.3, -0.25) is 0 Å². The number of sulfone groups is 1. The Morgan fingerprint density at radius 3 is 2.08 bits per heavy atom. The van der Waals surface area contributed by atoms with Crippen molar-refractivity contribution in [1.82, 2.24) is 9.25 Å². The second-order valence-corrected chi connectivity index (χ2v) is 7.40. The van der Waals surface area contributed by atoms with Crippen LogP contribution in [0.5, 0.6) is 0 Å². The summed E-state index contributed by atoms with van der Waals surface area (Å²) >= 11 is 0.754. The molecule has 0 bridgehead atoms. The fourth-order valence-electron chi connectivity index (χ4n) is 0.573. The molecule has 0 aromatic rings. The molecule has 13 heavy (non-hydrogen) atoms. The first-order chi connectivity index (χ1) is 5.71. The van der Waals surface area contributed by atoms with Crippen molar-refractivity contribution < 1.29 is 16.8 Å². The zero-order chi connectivity index (χ0) is 10.3. The smallest absolute Gasteiger partial charge is 0.223 e. The van der Waals surface area contributed by atoms with Gasteiger partial charge in [-0.25, -0.2) is 16.8 Å². The zero-order valence-electron chi connectivity index (χ0n) is 6.88. The molecule has 0 amide bonds. The van der Waals surface area contributed by atoms with Crippen LogP contribution < -0.4 is 4.83 Å². The summed E-state index contributed by atoms with van der Waals surface area (Å²) in [7, 11) is -6.78. The molecule has 9 heteroatoms. The molecule has 0 atom stereocenters. The molecule has 76 valence electrons. The van der Waals surface area contributed by atoms with E-state index in [0.717, 1.165) is 35.1 Å². The van der Waals surface area contributed by atoms with Gasteiger partial charge in [-0.2, -0.15) is 9.25 Å². The fraction of sp³-hybridized carbons (Fsp3) is 0.500. The van der Waals surface area contributed by atoms with Crippen molar-refractivity contribution in [3.63, 3.8) is 0 Å². The van der Waals surface area contributed by atoms with E-state index < -0.39 is 19.9 Å². The summed E-state index contributed by atoms with van der Waals surface area (Å²) in [5.74, 6) is 0. The lowest BCUT2D eigenvalue weighted by Crippen LogP contribution is -2.29. The monoisotopic (exact) mass is 244 g/mol. The zero-order valence-corrected chi connectivity index (χ0v) is 9.33. The topological polar surface area (TPSA) is 83.6 Å². The Balaban J connectivity index is 3.01. The number of nitrogens with one attached hydrogen (secondary N) is 1. The van der Waals surface area contributed by atoms with Crippen LogP contribution >= 0.6 is 11.9 Å². The molecule has 0 aliphatic carbocycles. The van der Waals surface area contributed by atoms with Crippen molar-refractivity contribution in [2.75, 3.05) is 12.5 Å². The lowest BCUT2D eigenvalue weighted by Gasteiger charge is -2.09. The van der Waals surface area contributed by atoms with E-state index in [1.54, 1.807) is 0 Å². The second-order valence-electron chi connectivity index (χ2n) is 2.47. The average Bonchev–Trinajstić information content (AvgIpc) is 2.28. The Morgan fingerprint density at radius 2 is 1.85 bits per heavy atom. The van der Waals surface area contributed by atoms with Crippen LogP contribution in [-0.2, 0) is 19.9 Å². The van der Waals surface area contributed by atoms with Crippen LogP contribution in [0.15, 0.2) is 10.4 Å². The summed E-state index contributed by atoms with van der Waals surface area (Å²) in [6.45, 7) is 0. The first-order valence-electron chi connectivity index (χ1n) is 3.05. The van der Waals surface area contributed by atoms with Gasteiger partial charge in [-0.15, -0.1) is 0 Å². The lowest BCUT2D eigenvalue weighted by atomic mass is 11.1. The molecule has 0 saturated carbocycles. The van der Waals surface area contributed by atoms with E-state index in [1.807, 2.05) is 0 Å². The first kappa shape index (κ1) is 10.8. The van der Waals surface area contributed by atoms with Gasteiger partial charge >= 0.3 is 0 Å². The van der Waals surface area contributed by atoms with Crippen molar-refractivity contribution in [2.24, 2.45) is 0 Å². The molecule has 1 aliphatic heterocycles. The maximum atomic E-state index is 11.0. The Morgan fingerprint density at radius 1 is 1.31 bits per heavy atom. The highest BCUT2D eigenvalue weighted by Crippen LogP contribution is 2.25. The standard InChI is InChI=1S/C4H8N2O4S3/c1-12(7,8)4-3-6(5-11-4)13(2,9)10/h3,5H,1-2H3. The second kappa shape index (κ2) is 3.15. The predicted molar refractivity (Wildman–Crippen MR) is 50.3 cm³/mol. The molecule has 1 N–H and O–H groups in total. The number of sulfonamides is 1. The summed E-state index contributed by atoms with van der Waals surface area (Å²) in [5.41, 5.74) is 0. The minimum Gasteiger partial charge on any atom is -0.223 e. The third-order valence-electron chi connectivity index (χ3n) is 1.18. The molecule has 1 aliphatic rings. The highest BCUT2D eigenvalue weighted by Gasteiger charge is 2.25. The van der Waals surface area contributed by atoms with Crippen LogP contribution in [0.4, 0.5) is 0 Å². The third-order valence-corrected chi connectivity index (χ3v) is 4.80. The predicted octanol–water partition coefficient (Wildman–Crippen LogP) is -0.742. The Kier molecular flexibility index (Phi) is 2.63. The fourth-order valence-corrected chi connectivity index (χ4v) is 3.06. The largest absolute Gasteiger partial charge is 0.245 e. The van der Waals surface area contributed by atoms with E-state index >= 15 is 0 Å². The van der Waals surface area contributed by atoms with Crippen LogP contribution in [0.3, 0.4) is 0 Å². The molecule has 0 unspecified atom stereocenters. The van der Waals surface area contributed by atoms with Gasteiger partial charge in [0.15, 0.2) is 9.84 Å². The van der Waals surface area contributed by atoms with E-state index in [9.17, 15) is 16.8 Å². The van der Waals surface area contributed by atoms with Crippen molar-refractivity contribution in [3.05, 3.63) is 10.4 Å². The summed E-state index contributed by atoms with van der Waals surface area (Å²) in [4.78, 5) is 2.34. The molecule has 1 rings (SSSR count). The lowest BCUT2D eigenvalue weighted by molar-refractivity contribution is 0.498. The summed E-state index contributed by atoms with van der Waals surface area (Å²) < 4.78 is 44.5. The van der Waals surface area contributed by atoms with Gasteiger partial charge in [0.25, 0.3) is 0 Å². The van der Waals surface area contributed by atoms with E-state index in [-0.39, 0.29) is 4.24 Å². The van der Waals surface area contributed by atoms with Crippen LogP contribution in [0, 0.1) is 0 Å². The highest BCUT2D eigenvalue weighted by atomic mass is 32.3. The molecule has 0 spiro atoms. The number of nitrogens with zero attached hydrogens (tertiary/aromatic N) is 1. The molecule has 0 saturated heterocycles.